The van der Waals surface area contributed by atoms with Crippen molar-refractivity contribution in [2.45, 2.75) is 19.4 Å². The molecule has 0 atom stereocenters. The van der Waals surface area contributed by atoms with Crippen molar-refractivity contribution in [1.29, 1.82) is 0 Å². The van der Waals surface area contributed by atoms with E-state index in [2.05, 4.69) is 15.6 Å². The maximum absolute atomic E-state index is 8.89. The Morgan fingerprint density at radius 3 is 2.64 bits per heavy atom. The Balaban J connectivity index is 3.07. The largest absolute Gasteiger partial charge is 0.411 e. The predicted molar refractivity (Wildman–Crippen MR) is 51.6 cm³/mol. The van der Waals surface area contributed by atoms with Crippen molar-refractivity contribution in [3.8, 4) is 0 Å². The van der Waals surface area contributed by atoms with Gasteiger partial charge in [0.1, 0.15) is 5.71 Å². The standard InChI is InChI=1S/C9H13N3O2/c1-9(2,12-14)8(11-13)7-5-3-4-6-10-7/h3-6,12-14H,1-2H3/b11-8-. The van der Waals surface area contributed by atoms with Gasteiger partial charge in [-0.3, -0.25) is 4.98 Å². The molecule has 0 radical (unpaired) electrons. The topological polar surface area (TPSA) is 77.7 Å². The minimum absolute atomic E-state index is 0.278. The molecule has 0 aliphatic heterocycles. The van der Waals surface area contributed by atoms with Crippen molar-refractivity contribution in [2.75, 3.05) is 0 Å². The van der Waals surface area contributed by atoms with Crippen LogP contribution in [0.25, 0.3) is 0 Å². The van der Waals surface area contributed by atoms with Crippen molar-refractivity contribution in [3.05, 3.63) is 30.1 Å². The number of hydrogen-bond acceptors (Lipinski definition) is 5. The lowest BCUT2D eigenvalue weighted by molar-refractivity contribution is 0.113. The third-order valence-electron chi connectivity index (χ3n) is 1.88. The summed E-state index contributed by atoms with van der Waals surface area (Å²) in [6.45, 7) is 3.35. The van der Waals surface area contributed by atoms with Gasteiger partial charge in [0.2, 0.25) is 0 Å². The number of pyridine rings is 1. The van der Waals surface area contributed by atoms with E-state index in [9.17, 15) is 0 Å². The fraction of sp³-hybridized carbons (Fsp3) is 0.333. The molecule has 0 amide bonds. The molecule has 0 spiro atoms. The Hall–Kier alpha value is -1.46. The van der Waals surface area contributed by atoms with E-state index < -0.39 is 5.54 Å². The van der Waals surface area contributed by atoms with Crippen LogP contribution in [-0.4, -0.2) is 26.6 Å². The smallest absolute Gasteiger partial charge is 0.127 e. The van der Waals surface area contributed by atoms with Gasteiger partial charge in [-0.2, -0.15) is 5.48 Å². The molecule has 0 saturated heterocycles. The molecular weight excluding hydrogens is 182 g/mol. The Morgan fingerprint density at radius 2 is 2.21 bits per heavy atom. The number of hydroxylamine groups is 1. The quantitative estimate of drug-likeness (QED) is 0.382. The van der Waals surface area contributed by atoms with Gasteiger partial charge in [0, 0.05) is 6.20 Å². The molecule has 0 unspecified atom stereocenters. The van der Waals surface area contributed by atoms with Gasteiger partial charge in [-0.1, -0.05) is 11.2 Å². The molecule has 1 heterocycles. The molecule has 0 aliphatic rings. The van der Waals surface area contributed by atoms with Crippen LogP contribution in [-0.2, 0) is 0 Å². The Kier molecular flexibility index (Phi) is 3.16. The van der Waals surface area contributed by atoms with Crippen LogP contribution >= 0.6 is 0 Å². The molecule has 0 aliphatic carbocycles. The zero-order valence-electron chi connectivity index (χ0n) is 8.10. The van der Waals surface area contributed by atoms with Crippen molar-refractivity contribution >= 4 is 5.71 Å². The van der Waals surface area contributed by atoms with Gasteiger partial charge in [0.15, 0.2) is 0 Å². The number of hydrogen-bond donors (Lipinski definition) is 3. The second-order valence-corrected chi connectivity index (χ2v) is 3.40. The molecule has 0 aromatic carbocycles. The first-order valence-corrected chi connectivity index (χ1v) is 4.17. The first kappa shape index (κ1) is 10.6. The maximum Gasteiger partial charge on any atom is 0.127 e. The summed E-state index contributed by atoms with van der Waals surface area (Å²) in [6, 6.07) is 5.24. The number of oxime groups is 1. The van der Waals surface area contributed by atoms with Gasteiger partial charge >= 0.3 is 0 Å². The van der Waals surface area contributed by atoms with E-state index in [1.165, 1.54) is 0 Å². The van der Waals surface area contributed by atoms with E-state index in [1.807, 2.05) is 0 Å². The van der Waals surface area contributed by atoms with Crippen LogP contribution in [0.4, 0.5) is 0 Å². The average molecular weight is 195 g/mol. The summed E-state index contributed by atoms with van der Waals surface area (Å²) in [4.78, 5) is 4.02. The zero-order chi connectivity index (χ0) is 10.6. The highest BCUT2D eigenvalue weighted by molar-refractivity contribution is 6.04. The molecule has 1 rings (SSSR count). The third-order valence-corrected chi connectivity index (χ3v) is 1.88. The van der Waals surface area contributed by atoms with Gasteiger partial charge in [-0.05, 0) is 26.0 Å². The molecule has 76 valence electrons. The summed E-state index contributed by atoms with van der Waals surface area (Å²) >= 11 is 0. The fourth-order valence-corrected chi connectivity index (χ4v) is 1.05. The summed E-state index contributed by atoms with van der Waals surface area (Å²) in [5, 5.41) is 20.9. The Bertz CT molecular complexity index is 322. The number of aromatic nitrogens is 1. The summed E-state index contributed by atoms with van der Waals surface area (Å²) in [7, 11) is 0. The minimum Gasteiger partial charge on any atom is -0.411 e. The minimum atomic E-state index is -0.844. The monoisotopic (exact) mass is 195 g/mol. The van der Waals surface area contributed by atoms with E-state index in [4.69, 9.17) is 10.4 Å². The van der Waals surface area contributed by atoms with Crippen LogP contribution in [0.1, 0.15) is 19.5 Å². The van der Waals surface area contributed by atoms with Crippen molar-refractivity contribution in [1.82, 2.24) is 10.5 Å². The second-order valence-electron chi connectivity index (χ2n) is 3.40. The molecule has 1 aromatic heterocycles. The average Bonchev–Trinajstić information content (AvgIpc) is 2.20. The van der Waals surface area contributed by atoms with Crippen molar-refractivity contribution in [2.24, 2.45) is 5.16 Å². The molecule has 5 heteroatoms. The van der Waals surface area contributed by atoms with Gasteiger partial charge in [-0.15, -0.1) is 0 Å². The van der Waals surface area contributed by atoms with Crippen LogP contribution in [0, 0.1) is 0 Å². The summed E-state index contributed by atoms with van der Waals surface area (Å²) in [5.41, 5.74) is 2.01. The van der Waals surface area contributed by atoms with Gasteiger partial charge in [-0.25, -0.2) is 0 Å². The zero-order valence-corrected chi connectivity index (χ0v) is 8.10. The van der Waals surface area contributed by atoms with Crippen LogP contribution in [0.2, 0.25) is 0 Å². The first-order chi connectivity index (χ1) is 6.61. The number of rotatable bonds is 3. The highest BCUT2D eigenvalue weighted by atomic mass is 16.5. The van der Waals surface area contributed by atoms with Crippen LogP contribution in [0.5, 0.6) is 0 Å². The van der Waals surface area contributed by atoms with Crippen LogP contribution in [0.3, 0.4) is 0 Å². The molecule has 14 heavy (non-hydrogen) atoms. The molecule has 0 fully saturated rings. The highest BCUT2D eigenvalue weighted by Crippen LogP contribution is 2.11. The Labute approximate surface area is 82.1 Å². The summed E-state index contributed by atoms with van der Waals surface area (Å²) in [6.07, 6.45) is 1.59. The maximum atomic E-state index is 8.89. The highest BCUT2D eigenvalue weighted by Gasteiger charge is 2.27. The first-order valence-electron chi connectivity index (χ1n) is 4.17. The van der Waals surface area contributed by atoms with Crippen LogP contribution < -0.4 is 5.48 Å². The van der Waals surface area contributed by atoms with Gasteiger partial charge in [0.25, 0.3) is 0 Å². The lowest BCUT2D eigenvalue weighted by atomic mass is 9.96. The molecule has 1 aromatic rings. The van der Waals surface area contributed by atoms with Gasteiger partial charge < -0.3 is 10.4 Å². The molecule has 5 nitrogen and oxygen atoms in total. The lowest BCUT2D eigenvalue weighted by Crippen LogP contribution is -2.45. The Morgan fingerprint density at radius 1 is 1.50 bits per heavy atom. The van der Waals surface area contributed by atoms with Gasteiger partial charge in [0.05, 0.1) is 11.2 Å². The lowest BCUT2D eigenvalue weighted by Gasteiger charge is -2.22. The van der Waals surface area contributed by atoms with E-state index in [0.29, 0.717) is 5.69 Å². The fourth-order valence-electron chi connectivity index (χ4n) is 1.05. The van der Waals surface area contributed by atoms with Crippen molar-refractivity contribution < 1.29 is 10.4 Å². The molecule has 0 bridgehead atoms. The SMILES string of the molecule is CC(C)(NO)/C(=N\O)c1ccccn1. The van der Waals surface area contributed by atoms with E-state index >= 15 is 0 Å². The third kappa shape index (κ3) is 2.07. The molecule has 0 saturated carbocycles. The number of nitrogens with zero attached hydrogens (tertiary/aromatic N) is 2. The molecular formula is C9H13N3O2. The normalized spacial score (nSPS) is 12.9. The van der Waals surface area contributed by atoms with E-state index in [-0.39, 0.29) is 5.71 Å². The predicted octanol–water partition coefficient (Wildman–Crippen LogP) is 1.02. The summed E-state index contributed by atoms with van der Waals surface area (Å²) < 4.78 is 0. The van der Waals surface area contributed by atoms with Crippen molar-refractivity contribution in [3.63, 3.8) is 0 Å². The molecule has 3 N–H and O–H groups in total. The second kappa shape index (κ2) is 4.17. The van der Waals surface area contributed by atoms with E-state index in [1.54, 1.807) is 38.2 Å². The van der Waals surface area contributed by atoms with Crippen LogP contribution in [0.15, 0.2) is 29.6 Å². The number of nitrogens with one attached hydrogen (secondary N) is 1. The summed E-state index contributed by atoms with van der Waals surface area (Å²) in [5.74, 6) is 0. The van der Waals surface area contributed by atoms with E-state index in [0.717, 1.165) is 0 Å².